The van der Waals surface area contributed by atoms with E-state index in [0.29, 0.717) is 12.0 Å². The molecular formula is C22H20F2N2O3. The standard InChI is InChI=1S/C22H20F2N2O3/c1-13-21(14-6-8-18(23)19(24)10-14)29-22(28)26(13)20(27)9-7-16-12-25-11-15-4-2-3-5-17(15)16/h3,5-6,8,10-13,21H,2,4,7,9H2,1H3/t13-,21-/m0/s1. The summed E-state index contributed by atoms with van der Waals surface area (Å²) in [5.74, 6) is -2.37. The molecule has 0 spiro atoms. The van der Waals surface area contributed by atoms with Crippen LogP contribution in [-0.2, 0) is 22.4 Å². The largest absolute Gasteiger partial charge is 0.439 e. The number of nitrogens with zero attached hydrogens (tertiary/aromatic N) is 2. The van der Waals surface area contributed by atoms with Crippen molar-refractivity contribution in [3.05, 3.63) is 70.6 Å². The molecule has 150 valence electrons. The number of pyridine rings is 1. The zero-order valence-corrected chi connectivity index (χ0v) is 15.9. The van der Waals surface area contributed by atoms with Crippen molar-refractivity contribution in [2.75, 3.05) is 0 Å². The van der Waals surface area contributed by atoms with Crippen LogP contribution in [0.4, 0.5) is 13.6 Å². The van der Waals surface area contributed by atoms with Gasteiger partial charge in [-0.2, -0.15) is 0 Å². The lowest BCUT2D eigenvalue weighted by molar-refractivity contribution is -0.129. The second-order valence-corrected chi connectivity index (χ2v) is 7.29. The number of cyclic esters (lactones) is 1. The number of rotatable bonds is 4. The topological polar surface area (TPSA) is 59.5 Å². The van der Waals surface area contributed by atoms with Gasteiger partial charge in [0.2, 0.25) is 5.91 Å². The maximum Gasteiger partial charge on any atom is 0.417 e. The Kier molecular flexibility index (Phi) is 5.13. The maximum absolute atomic E-state index is 13.6. The van der Waals surface area contributed by atoms with E-state index >= 15 is 0 Å². The zero-order chi connectivity index (χ0) is 20.5. The number of imide groups is 1. The van der Waals surface area contributed by atoms with Gasteiger partial charge in [-0.1, -0.05) is 18.2 Å². The molecule has 7 heteroatoms. The van der Waals surface area contributed by atoms with Crippen LogP contribution in [0.2, 0.25) is 0 Å². The minimum Gasteiger partial charge on any atom is -0.439 e. The van der Waals surface area contributed by atoms with Gasteiger partial charge >= 0.3 is 6.09 Å². The van der Waals surface area contributed by atoms with Gasteiger partial charge in [0.15, 0.2) is 11.6 Å². The Bertz CT molecular complexity index is 1010. The summed E-state index contributed by atoms with van der Waals surface area (Å²) in [5, 5.41) is 0. The molecule has 1 fully saturated rings. The molecule has 2 aromatic rings. The van der Waals surface area contributed by atoms with Crippen LogP contribution in [0, 0.1) is 11.6 Å². The molecule has 2 atom stereocenters. The molecule has 4 rings (SSSR count). The van der Waals surface area contributed by atoms with E-state index in [1.807, 2.05) is 12.3 Å². The summed E-state index contributed by atoms with van der Waals surface area (Å²) in [6, 6.07) is 2.71. The minimum atomic E-state index is -1.02. The number of hydrogen-bond acceptors (Lipinski definition) is 4. The smallest absolute Gasteiger partial charge is 0.417 e. The monoisotopic (exact) mass is 398 g/mol. The summed E-state index contributed by atoms with van der Waals surface area (Å²) < 4.78 is 32.0. The van der Waals surface area contributed by atoms with Crippen LogP contribution < -0.4 is 0 Å². The lowest BCUT2D eigenvalue weighted by Gasteiger charge is -2.20. The Morgan fingerprint density at radius 3 is 2.90 bits per heavy atom. The Morgan fingerprint density at radius 1 is 1.28 bits per heavy atom. The maximum atomic E-state index is 13.6. The van der Waals surface area contributed by atoms with E-state index in [0.717, 1.165) is 46.6 Å². The van der Waals surface area contributed by atoms with E-state index in [2.05, 4.69) is 11.1 Å². The molecular weight excluding hydrogens is 378 g/mol. The first-order valence-electron chi connectivity index (χ1n) is 9.55. The molecule has 2 amide bonds. The highest BCUT2D eigenvalue weighted by Crippen LogP contribution is 2.33. The molecule has 1 aliphatic carbocycles. The van der Waals surface area contributed by atoms with Crippen LogP contribution in [0.15, 0.2) is 36.7 Å². The molecule has 1 aliphatic heterocycles. The van der Waals surface area contributed by atoms with Gasteiger partial charge in [-0.3, -0.25) is 9.78 Å². The average Bonchev–Trinajstić information content (AvgIpc) is 3.02. The number of fused-ring (bicyclic) bond motifs is 1. The fourth-order valence-electron chi connectivity index (χ4n) is 3.91. The van der Waals surface area contributed by atoms with Gasteiger partial charge in [0.05, 0.1) is 6.04 Å². The molecule has 0 unspecified atom stereocenters. The molecule has 1 aromatic heterocycles. The fourth-order valence-corrected chi connectivity index (χ4v) is 3.91. The first kappa shape index (κ1) is 19.2. The molecule has 2 heterocycles. The third kappa shape index (κ3) is 3.64. The highest BCUT2D eigenvalue weighted by molar-refractivity contribution is 5.94. The highest BCUT2D eigenvalue weighted by Gasteiger charge is 2.43. The fraction of sp³-hybridized carbons (Fsp3) is 0.318. The number of hydrogen-bond donors (Lipinski definition) is 0. The molecule has 29 heavy (non-hydrogen) atoms. The molecule has 2 aliphatic rings. The van der Waals surface area contributed by atoms with E-state index in [9.17, 15) is 18.4 Å². The Balaban J connectivity index is 1.47. The van der Waals surface area contributed by atoms with Crippen LogP contribution in [0.3, 0.4) is 0 Å². The number of benzene rings is 1. The summed E-state index contributed by atoms with van der Waals surface area (Å²) in [7, 11) is 0. The quantitative estimate of drug-likeness (QED) is 0.768. The summed E-state index contributed by atoms with van der Waals surface area (Å²) >= 11 is 0. The molecule has 0 saturated carbocycles. The Hall–Kier alpha value is -3.09. The number of allylic oxidation sites excluding steroid dienone is 1. The predicted octanol–water partition coefficient (Wildman–Crippen LogP) is 4.36. The van der Waals surface area contributed by atoms with E-state index in [1.165, 1.54) is 6.07 Å². The van der Waals surface area contributed by atoms with Gasteiger partial charge in [0.1, 0.15) is 6.10 Å². The van der Waals surface area contributed by atoms with E-state index in [1.54, 1.807) is 13.1 Å². The van der Waals surface area contributed by atoms with Crippen LogP contribution in [0.5, 0.6) is 0 Å². The predicted molar refractivity (Wildman–Crippen MR) is 102 cm³/mol. The molecule has 0 bridgehead atoms. The minimum absolute atomic E-state index is 0.121. The lowest BCUT2D eigenvalue weighted by atomic mass is 9.93. The zero-order valence-electron chi connectivity index (χ0n) is 15.9. The van der Waals surface area contributed by atoms with Crippen molar-refractivity contribution >= 4 is 18.1 Å². The van der Waals surface area contributed by atoms with Crippen molar-refractivity contribution in [3.63, 3.8) is 0 Å². The number of ether oxygens (including phenoxy) is 1. The van der Waals surface area contributed by atoms with Crippen molar-refractivity contribution in [1.82, 2.24) is 9.88 Å². The van der Waals surface area contributed by atoms with E-state index in [-0.39, 0.29) is 12.3 Å². The van der Waals surface area contributed by atoms with Crippen molar-refractivity contribution in [2.24, 2.45) is 0 Å². The summed E-state index contributed by atoms with van der Waals surface area (Å²) in [6.07, 6.45) is 8.59. The number of carbonyl (C=O) groups is 2. The number of aryl methyl sites for hydroxylation is 2. The number of halogens is 2. The van der Waals surface area contributed by atoms with Gasteiger partial charge in [-0.15, -0.1) is 0 Å². The summed E-state index contributed by atoms with van der Waals surface area (Å²) in [4.78, 5) is 30.4. The van der Waals surface area contributed by atoms with Gasteiger partial charge < -0.3 is 4.74 Å². The molecule has 0 N–H and O–H groups in total. The Labute approximate surface area is 167 Å². The average molecular weight is 398 g/mol. The van der Waals surface area contributed by atoms with Crippen molar-refractivity contribution in [1.29, 1.82) is 0 Å². The summed E-state index contributed by atoms with van der Waals surface area (Å²) in [6.45, 7) is 1.66. The van der Waals surface area contributed by atoms with Crippen molar-refractivity contribution < 1.29 is 23.1 Å². The second-order valence-electron chi connectivity index (χ2n) is 7.29. The van der Waals surface area contributed by atoms with Crippen molar-refractivity contribution in [2.45, 2.75) is 44.8 Å². The molecule has 0 radical (unpaired) electrons. The van der Waals surface area contributed by atoms with Crippen LogP contribution in [-0.4, -0.2) is 27.9 Å². The van der Waals surface area contributed by atoms with Gasteiger partial charge in [-0.25, -0.2) is 18.5 Å². The van der Waals surface area contributed by atoms with Crippen LogP contribution >= 0.6 is 0 Å². The third-order valence-electron chi connectivity index (χ3n) is 5.44. The number of amides is 2. The molecule has 1 saturated heterocycles. The van der Waals surface area contributed by atoms with Crippen molar-refractivity contribution in [3.8, 4) is 0 Å². The summed E-state index contributed by atoms with van der Waals surface area (Å²) in [5.41, 5.74) is 3.52. The lowest BCUT2D eigenvalue weighted by Crippen LogP contribution is -2.38. The Morgan fingerprint density at radius 2 is 2.10 bits per heavy atom. The number of carbonyl (C=O) groups excluding carboxylic acids is 2. The molecule has 5 nitrogen and oxygen atoms in total. The first-order valence-corrected chi connectivity index (χ1v) is 9.55. The normalized spacial score (nSPS) is 20.5. The SMILES string of the molecule is C[C@H]1[C@@H](c2ccc(F)c(F)c2)OC(=O)N1C(=O)CCc1cncc2c1C=CCC2. The van der Waals surface area contributed by atoms with Gasteiger partial charge in [0, 0.05) is 18.8 Å². The highest BCUT2D eigenvalue weighted by atomic mass is 19.2. The van der Waals surface area contributed by atoms with Gasteiger partial charge in [0.25, 0.3) is 0 Å². The third-order valence-corrected chi connectivity index (χ3v) is 5.44. The van der Waals surface area contributed by atoms with E-state index < -0.39 is 29.9 Å². The molecule has 1 aromatic carbocycles. The van der Waals surface area contributed by atoms with E-state index in [4.69, 9.17) is 4.74 Å². The number of aromatic nitrogens is 1. The van der Waals surface area contributed by atoms with Crippen LogP contribution in [0.25, 0.3) is 6.08 Å². The first-order chi connectivity index (χ1) is 14.0. The van der Waals surface area contributed by atoms with Crippen LogP contribution in [0.1, 0.15) is 48.1 Å². The van der Waals surface area contributed by atoms with Gasteiger partial charge in [-0.05, 0) is 60.6 Å². The second kappa shape index (κ2) is 7.73.